The first kappa shape index (κ1) is 15.1. The number of aromatic hydroxyl groups is 1. The summed E-state index contributed by atoms with van der Waals surface area (Å²) in [6.45, 7) is 0.353. The summed E-state index contributed by atoms with van der Waals surface area (Å²) in [5.41, 5.74) is 1.72. The first-order valence-electron chi connectivity index (χ1n) is 6.31. The predicted octanol–water partition coefficient (Wildman–Crippen LogP) is 4.29. The average molecular weight is 426 g/mol. The predicted molar refractivity (Wildman–Crippen MR) is 93.0 cm³/mol. The van der Waals surface area contributed by atoms with Crippen LogP contribution in [0.1, 0.15) is 5.56 Å². The van der Waals surface area contributed by atoms with Gasteiger partial charge in [-0.3, -0.25) is 0 Å². The normalized spacial score (nSPS) is 11.4. The van der Waals surface area contributed by atoms with Gasteiger partial charge in [0.05, 0.1) is 22.1 Å². The average Bonchev–Trinajstić information content (AvgIpc) is 2.88. The fraction of sp³-hybridized carbons (Fsp3) is 0.143. The number of thiophene rings is 1. The topological polar surface area (TPSA) is 80.0 Å². The van der Waals surface area contributed by atoms with E-state index in [1.807, 2.05) is 12.1 Å². The first-order valence-corrected chi connectivity index (χ1v) is 8.20. The molecule has 0 saturated carbocycles. The molecule has 0 saturated heterocycles. The maximum Gasteiger partial charge on any atom is 0.195 e. The zero-order valence-electron chi connectivity index (χ0n) is 11.5. The highest BCUT2D eigenvalue weighted by Gasteiger charge is 2.07. The van der Waals surface area contributed by atoms with E-state index < -0.39 is 0 Å². The van der Waals surface area contributed by atoms with Gasteiger partial charge in [-0.15, -0.1) is 16.5 Å². The Labute approximate surface area is 144 Å². The third kappa shape index (κ3) is 3.17. The molecule has 0 radical (unpaired) electrons. The molecule has 0 amide bonds. The summed E-state index contributed by atoms with van der Waals surface area (Å²) in [7, 11) is 1.51. The van der Waals surface area contributed by atoms with E-state index in [9.17, 15) is 5.11 Å². The molecule has 6 nitrogen and oxygen atoms in total. The molecular formula is C14H11IN4O2S. The molecule has 0 fully saturated rings. The lowest BCUT2D eigenvalue weighted by Crippen LogP contribution is -1.86. The summed E-state index contributed by atoms with van der Waals surface area (Å²) in [5.74, 6) is 1.09. The van der Waals surface area contributed by atoms with Gasteiger partial charge >= 0.3 is 0 Å². The fourth-order valence-corrected chi connectivity index (χ4v) is 3.62. The Hall–Kier alpha value is -1.81. The van der Waals surface area contributed by atoms with Crippen molar-refractivity contribution in [1.82, 2.24) is 9.97 Å². The van der Waals surface area contributed by atoms with Crippen LogP contribution in [0.4, 0.5) is 5.82 Å². The summed E-state index contributed by atoms with van der Waals surface area (Å²) in [6, 6.07) is 7.14. The molecular weight excluding hydrogens is 415 g/mol. The number of methoxy groups -OCH3 is 1. The van der Waals surface area contributed by atoms with Crippen LogP contribution in [-0.4, -0.2) is 22.2 Å². The minimum atomic E-state index is 0.0902. The van der Waals surface area contributed by atoms with E-state index in [0.717, 1.165) is 18.7 Å². The summed E-state index contributed by atoms with van der Waals surface area (Å²) in [6.07, 6.45) is 1.48. The van der Waals surface area contributed by atoms with Gasteiger partial charge in [-0.25, -0.2) is 9.97 Å². The van der Waals surface area contributed by atoms with E-state index in [4.69, 9.17) is 4.74 Å². The minimum Gasteiger partial charge on any atom is -0.504 e. The molecule has 112 valence electrons. The molecule has 22 heavy (non-hydrogen) atoms. The molecule has 1 aromatic carbocycles. The summed E-state index contributed by atoms with van der Waals surface area (Å²) >= 11 is 3.83. The highest BCUT2D eigenvalue weighted by Crippen LogP contribution is 2.32. The van der Waals surface area contributed by atoms with Gasteiger partial charge in [-0.05, 0) is 46.4 Å². The van der Waals surface area contributed by atoms with Crippen LogP contribution in [0.25, 0.3) is 10.2 Å². The van der Waals surface area contributed by atoms with Gasteiger partial charge in [0.15, 0.2) is 17.3 Å². The second-order valence-electron chi connectivity index (χ2n) is 4.37. The minimum absolute atomic E-state index is 0.0902. The summed E-state index contributed by atoms with van der Waals surface area (Å²) < 4.78 is 7.06. The maximum atomic E-state index is 9.73. The number of phenolic OH excluding ortho intramolecular Hbond substituents is 1. The van der Waals surface area contributed by atoms with Crippen LogP contribution < -0.4 is 4.74 Å². The largest absolute Gasteiger partial charge is 0.504 e. The molecule has 2 aromatic heterocycles. The SMILES string of the molecule is COc1ccc(CN=Nc2ncnc3cc(I)sc23)cc1O. The van der Waals surface area contributed by atoms with Crippen molar-refractivity contribution >= 4 is 50.0 Å². The van der Waals surface area contributed by atoms with Crippen LogP contribution >= 0.6 is 33.9 Å². The number of azo groups is 1. The molecule has 8 heteroatoms. The van der Waals surface area contributed by atoms with Crippen LogP contribution in [0.5, 0.6) is 11.5 Å². The Bertz CT molecular complexity index is 850. The van der Waals surface area contributed by atoms with Crippen LogP contribution in [0.15, 0.2) is 40.8 Å². The van der Waals surface area contributed by atoms with Crippen molar-refractivity contribution in [3.63, 3.8) is 0 Å². The second-order valence-corrected chi connectivity index (χ2v) is 7.31. The Morgan fingerprint density at radius 2 is 2.18 bits per heavy atom. The standard InChI is InChI=1S/C14H11IN4O2S/c1-21-11-3-2-8(4-10(11)20)6-18-19-14-13-9(16-7-17-14)5-12(15)22-13/h2-5,7,20H,6H2,1H3. The fourth-order valence-electron chi connectivity index (χ4n) is 1.90. The van der Waals surface area contributed by atoms with E-state index in [2.05, 4.69) is 42.8 Å². The van der Waals surface area contributed by atoms with E-state index in [0.29, 0.717) is 18.1 Å². The number of hydrogen-bond acceptors (Lipinski definition) is 7. The van der Waals surface area contributed by atoms with E-state index >= 15 is 0 Å². The quantitative estimate of drug-likeness (QED) is 0.499. The highest BCUT2D eigenvalue weighted by molar-refractivity contribution is 14.1. The molecule has 3 rings (SSSR count). The molecule has 1 N–H and O–H groups in total. The maximum absolute atomic E-state index is 9.73. The lowest BCUT2D eigenvalue weighted by Gasteiger charge is -2.03. The van der Waals surface area contributed by atoms with Crippen LogP contribution in [0.2, 0.25) is 0 Å². The van der Waals surface area contributed by atoms with Crippen molar-refractivity contribution in [2.24, 2.45) is 10.2 Å². The number of fused-ring (bicyclic) bond motifs is 1. The number of benzene rings is 1. The van der Waals surface area contributed by atoms with E-state index in [1.165, 1.54) is 13.4 Å². The Balaban J connectivity index is 1.80. The summed E-state index contributed by atoms with van der Waals surface area (Å²) in [4.78, 5) is 8.37. The zero-order chi connectivity index (χ0) is 15.5. The highest BCUT2D eigenvalue weighted by atomic mass is 127. The van der Waals surface area contributed by atoms with Gasteiger partial charge in [0, 0.05) is 0 Å². The van der Waals surface area contributed by atoms with Gasteiger partial charge in [0.1, 0.15) is 11.0 Å². The number of rotatable bonds is 4. The molecule has 2 heterocycles. The van der Waals surface area contributed by atoms with Crippen molar-refractivity contribution in [3.8, 4) is 11.5 Å². The number of ether oxygens (including phenoxy) is 1. The lowest BCUT2D eigenvalue weighted by molar-refractivity contribution is 0.373. The van der Waals surface area contributed by atoms with Gasteiger partial charge in [0.2, 0.25) is 0 Å². The molecule has 0 aliphatic rings. The van der Waals surface area contributed by atoms with Crippen LogP contribution in [0.3, 0.4) is 0 Å². The van der Waals surface area contributed by atoms with E-state index in [1.54, 1.807) is 23.5 Å². The Kier molecular flexibility index (Phi) is 4.48. The number of nitrogens with zero attached hydrogens (tertiary/aromatic N) is 4. The van der Waals surface area contributed by atoms with E-state index in [-0.39, 0.29) is 5.75 Å². The van der Waals surface area contributed by atoms with Crippen molar-refractivity contribution in [2.45, 2.75) is 6.54 Å². The lowest BCUT2D eigenvalue weighted by atomic mass is 10.2. The summed E-state index contributed by atoms with van der Waals surface area (Å²) in [5, 5.41) is 18.1. The molecule has 0 bridgehead atoms. The monoisotopic (exact) mass is 426 g/mol. The Morgan fingerprint density at radius 3 is 2.95 bits per heavy atom. The smallest absolute Gasteiger partial charge is 0.195 e. The molecule has 3 aromatic rings. The van der Waals surface area contributed by atoms with Gasteiger partial charge in [-0.1, -0.05) is 6.07 Å². The molecule has 0 atom stereocenters. The van der Waals surface area contributed by atoms with Gasteiger partial charge in [0.25, 0.3) is 0 Å². The number of halogens is 1. The number of phenols is 1. The Morgan fingerprint density at radius 1 is 1.32 bits per heavy atom. The molecule has 0 spiro atoms. The van der Waals surface area contributed by atoms with Gasteiger partial charge < -0.3 is 9.84 Å². The molecule has 0 unspecified atom stereocenters. The molecule has 0 aliphatic carbocycles. The third-order valence-corrected chi connectivity index (χ3v) is 4.81. The second kappa shape index (κ2) is 6.53. The van der Waals surface area contributed by atoms with Gasteiger partial charge in [-0.2, -0.15) is 5.11 Å². The first-order chi connectivity index (χ1) is 10.7. The van der Waals surface area contributed by atoms with Crippen molar-refractivity contribution in [3.05, 3.63) is 39.0 Å². The van der Waals surface area contributed by atoms with Crippen LogP contribution in [0, 0.1) is 2.88 Å². The van der Waals surface area contributed by atoms with Crippen molar-refractivity contribution in [2.75, 3.05) is 7.11 Å². The van der Waals surface area contributed by atoms with Crippen molar-refractivity contribution < 1.29 is 9.84 Å². The number of hydrogen-bond donors (Lipinski definition) is 1. The van der Waals surface area contributed by atoms with Crippen LogP contribution in [-0.2, 0) is 6.54 Å². The third-order valence-electron chi connectivity index (χ3n) is 2.92. The number of aromatic nitrogens is 2. The van der Waals surface area contributed by atoms with Crippen molar-refractivity contribution in [1.29, 1.82) is 0 Å². The zero-order valence-corrected chi connectivity index (χ0v) is 14.5. The molecule has 0 aliphatic heterocycles.